The van der Waals surface area contributed by atoms with Crippen molar-refractivity contribution in [2.24, 2.45) is 0 Å². The van der Waals surface area contributed by atoms with Crippen LogP contribution in [0.3, 0.4) is 0 Å². The molecule has 150 valence electrons. The lowest BCUT2D eigenvalue weighted by Gasteiger charge is -2.36. The average molecular weight is 541 g/mol. The van der Waals surface area contributed by atoms with Gasteiger partial charge in [-0.3, -0.25) is 4.79 Å². The Morgan fingerprint density at radius 3 is 2.48 bits per heavy atom. The van der Waals surface area contributed by atoms with Gasteiger partial charge in [-0.15, -0.1) is 0 Å². The van der Waals surface area contributed by atoms with Crippen LogP contribution in [0.1, 0.15) is 15.9 Å². The molecule has 2 heterocycles. The Hall–Kier alpha value is -1.83. The van der Waals surface area contributed by atoms with Gasteiger partial charge in [-0.1, -0.05) is 33.6 Å². The van der Waals surface area contributed by atoms with Crippen molar-refractivity contribution >= 4 is 66.0 Å². The fraction of sp³-hybridized carbons (Fsp3) is 0.238. The second kappa shape index (κ2) is 8.13. The van der Waals surface area contributed by atoms with Crippen molar-refractivity contribution in [2.45, 2.75) is 6.92 Å². The minimum atomic E-state index is -0.627. The molecule has 29 heavy (non-hydrogen) atoms. The van der Waals surface area contributed by atoms with E-state index < -0.39 is 5.63 Å². The van der Waals surface area contributed by atoms with Gasteiger partial charge in [-0.05, 0) is 58.7 Å². The SMILES string of the molecule is Cc1ccc(N2CCN(C(=O)c3cc4cc(Br)cc(Br)c4oc3=O)CC2)cc1Cl. The van der Waals surface area contributed by atoms with E-state index in [0.717, 1.165) is 20.7 Å². The standard InChI is InChI=1S/C21H17Br2ClN2O3/c1-12-2-3-15(11-18(12)24)25-4-6-26(7-5-25)20(27)16-9-13-8-14(22)10-17(23)19(13)29-21(16)28/h2-3,8-11H,4-7H2,1H3. The molecule has 5 nitrogen and oxygen atoms in total. The molecule has 0 aliphatic carbocycles. The van der Waals surface area contributed by atoms with Crippen LogP contribution >= 0.6 is 43.5 Å². The molecular formula is C21H17Br2ClN2O3. The van der Waals surface area contributed by atoms with Gasteiger partial charge in [0.05, 0.1) is 4.47 Å². The third-order valence-corrected chi connectivity index (χ3v) is 6.52. The third kappa shape index (κ3) is 4.09. The van der Waals surface area contributed by atoms with Crippen molar-refractivity contribution in [3.8, 4) is 0 Å². The van der Waals surface area contributed by atoms with Crippen molar-refractivity contribution < 1.29 is 9.21 Å². The van der Waals surface area contributed by atoms with Gasteiger partial charge in [0.2, 0.25) is 0 Å². The highest BCUT2D eigenvalue weighted by molar-refractivity contribution is 9.11. The van der Waals surface area contributed by atoms with Gasteiger partial charge in [0, 0.05) is 46.7 Å². The first-order chi connectivity index (χ1) is 13.8. The van der Waals surface area contributed by atoms with E-state index in [1.807, 2.05) is 31.2 Å². The molecule has 0 atom stereocenters. The normalized spacial score (nSPS) is 14.5. The van der Waals surface area contributed by atoms with Crippen LogP contribution in [-0.4, -0.2) is 37.0 Å². The van der Waals surface area contributed by atoms with Gasteiger partial charge in [-0.25, -0.2) is 4.79 Å². The Kier molecular flexibility index (Phi) is 5.73. The molecule has 2 aromatic carbocycles. The first-order valence-corrected chi connectivity index (χ1v) is 11.0. The lowest BCUT2D eigenvalue weighted by molar-refractivity contribution is 0.0742. The zero-order chi connectivity index (χ0) is 20.7. The topological polar surface area (TPSA) is 53.8 Å². The van der Waals surface area contributed by atoms with Gasteiger partial charge in [0.1, 0.15) is 5.56 Å². The molecule has 1 amide bonds. The van der Waals surface area contributed by atoms with Crippen LogP contribution < -0.4 is 10.5 Å². The predicted molar refractivity (Wildman–Crippen MR) is 122 cm³/mol. The first kappa shape index (κ1) is 20.4. The van der Waals surface area contributed by atoms with E-state index in [-0.39, 0.29) is 11.5 Å². The van der Waals surface area contributed by atoms with Crippen LogP contribution in [-0.2, 0) is 0 Å². The highest BCUT2D eigenvalue weighted by atomic mass is 79.9. The molecule has 4 rings (SSSR count). The van der Waals surface area contributed by atoms with Gasteiger partial charge < -0.3 is 14.2 Å². The number of anilines is 1. The molecule has 0 radical (unpaired) electrons. The van der Waals surface area contributed by atoms with E-state index in [0.29, 0.717) is 41.6 Å². The fourth-order valence-corrected chi connectivity index (χ4v) is 4.94. The van der Waals surface area contributed by atoms with E-state index in [2.05, 4.69) is 36.8 Å². The number of benzene rings is 2. The lowest BCUT2D eigenvalue weighted by atomic mass is 10.1. The summed E-state index contributed by atoms with van der Waals surface area (Å²) in [6.07, 6.45) is 0. The largest absolute Gasteiger partial charge is 0.421 e. The Balaban J connectivity index is 1.54. The molecule has 3 aromatic rings. The van der Waals surface area contributed by atoms with E-state index in [1.54, 1.807) is 17.0 Å². The molecule has 1 fully saturated rings. The highest BCUT2D eigenvalue weighted by Gasteiger charge is 2.25. The number of hydrogen-bond donors (Lipinski definition) is 0. The molecular weight excluding hydrogens is 524 g/mol. The number of piperazine rings is 1. The van der Waals surface area contributed by atoms with E-state index in [4.69, 9.17) is 16.0 Å². The quantitative estimate of drug-likeness (QED) is 0.417. The maximum absolute atomic E-state index is 13.0. The van der Waals surface area contributed by atoms with Crippen molar-refractivity contribution in [3.05, 3.63) is 71.9 Å². The number of rotatable bonds is 2. The summed E-state index contributed by atoms with van der Waals surface area (Å²) >= 11 is 13.0. The zero-order valence-corrected chi connectivity index (χ0v) is 19.5. The molecule has 0 saturated carbocycles. The minimum absolute atomic E-state index is 0.0503. The number of nitrogens with zero attached hydrogens (tertiary/aromatic N) is 2. The van der Waals surface area contributed by atoms with Gasteiger partial charge in [-0.2, -0.15) is 0 Å². The molecule has 1 aliphatic heterocycles. The van der Waals surface area contributed by atoms with Crippen molar-refractivity contribution in [3.63, 3.8) is 0 Å². The average Bonchev–Trinajstić information content (AvgIpc) is 2.70. The van der Waals surface area contributed by atoms with E-state index in [1.165, 1.54) is 0 Å². The number of aryl methyl sites for hydroxylation is 1. The number of fused-ring (bicyclic) bond motifs is 1. The summed E-state index contributed by atoms with van der Waals surface area (Å²) in [5, 5.41) is 1.41. The summed E-state index contributed by atoms with van der Waals surface area (Å²) in [6, 6.07) is 11.2. The van der Waals surface area contributed by atoms with Crippen LogP contribution in [0.15, 0.2) is 54.6 Å². The Morgan fingerprint density at radius 1 is 1.07 bits per heavy atom. The summed E-state index contributed by atoms with van der Waals surface area (Å²) in [5.74, 6) is -0.307. The second-order valence-electron chi connectivity index (χ2n) is 6.97. The predicted octanol–water partition coefficient (Wildman–Crippen LogP) is 5.24. The number of carbonyl (C=O) groups is 1. The molecule has 0 unspecified atom stereocenters. The maximum Gasteiger partial charge on any atom is 0.349 e. The Morgan fingerprint density at radius 2 is 1.79 bits per heavy atom. The summed E-state index contributed by atoms with van der Waals surface area (Å²) in [6.45, 7) is 4.34. The number of carbonyl (C=O) groups excluding carboxylic acids is 1. The molecule has 0 spiro atoms. The van der Waals surface area contributed by atoms with E-state index >= 15 is 0 Å². The molecule has 0 bridgehead atoms. The van der Waals surface area contributed by atoms with Crippen molar-refractivity contribution in [2.75, 3.05) is 31.1 Å². The van der Waals surface area contributed by atoms with Crippen LogP contribution in [0.25, 0.3) is 11.0 Å². The molecule has 1 aliphatic rings. The number of hydrogen-bond acceptors (Lipinski definition) is 4. The zero-order valence-electron chi connectivity index (χ0n) is 15.5. The van der Waals surface area contributed by atoms with Gasteiger partial charge >= 0.3 is 5.63 Å². The summed E-state index contributed by atoms with van der Waals surface area (Å²) in [7, 11) is 0. The summed E-state index contributed by atoms with van der Waals surface area (Å²) in [4.78, 5) is 29.3. The minimum Gasteiger partial charge on any atom is -0.421 e. The Bertz CT molecular complexity index is 1170. The molecule has 8 heteroatoms. The van der Waals surface area contributed by atoms with E-state index in [9.17, 15) is 9.59 Å². The summed E-state index contributed by atoms with van der Waals surface area (Å²) < 4.78 is 6.89. The number of amides is 1. The van der Waals surface area contributed by atoms with Gasteiger partial charge in [0.15, 0.2) is 5.58 Å². The number of halogens is 3. The fourth-order valence-electron chi connectivity index (χ4n) is 3.42. The van der Waals surface area contributed by atoms with Gasteiger partial charge in [0.25, 0.3) is 5.91 Å². The molecule has 1 saturated heterocycles. The van der Waals surface area contributed by atoms with Crippen LogP contribution in [0.5, 0.6) is 0 Å². The van der Waals surface area contributed by atoms with Crippen LogP contribution in [0.4, 0.5) is 5.69 Å². The Labute approximate surface area is 189 Å². The maximum atomic E-state index is 13.0. The lowest BCUT2D eigenvalue weighted by Crippen LogP contribution is -2.49. The highest BCUT2D eigenvalue weighted by Crippen LogP contribution is 2.28. The van der Waals surface area contributed by atoms with Crippen LogP contribution in [0, 0.1) is 6.92 Å². The monoisotopic (exact) mass is 538 g/mol. The van der Waals surface area contributed by atoms with Crippen LogP contribution in [0.2, 0.25) is 5.02 Å². The smallest absolute Gasteiger partial charge is 0.349 e. The first-order valence-electron chi connectivity index (χ1n) is 9.07. The molecule has 1 aromatic heterocycles. The van der Waals surface area contributed by atoms with Crippen molar-refractivity contribution in [1.82, 2.24) is 4.90 Å². The van der Waals surface area contributed by atoms with Crippen molar-refractivity contribution in [1.29, 1.82) is 0 Å². The second-order valence-corrected chi connectivity index (χ2v) is 9.14. The summed E-state index contributed by atoms with van der Waals surface area (Å²) in [5.41, 5.74) is 1.92. The molecule has 0 N–H and O–H groups in total. The third-order valence-electron chi connectivity index (χ3n) is 5.07.